The molecule has 0 spiro atoms. The van der Waals surface area contributed by atoms with Crippen molar-refractivity contribution in [3.8, 4) is 0 Å². The summed E-state index contributed by atoms with van der Waals surface area (Å²) < 4.78 is 12.4. The molecule has 0 aromatic heterocycles. The van der Waals surface area contributed by atoms with Crippen molar-refractivity contribution in [2.24, 2.45) is 10.4 Å². The minimum Gasteiger partial charge on any atom is -0.494 e. The second kappa shape index (κ2) is 9.36. The summed E-state index contributed by atoms with van der Waals surface area (Å²) in [6.45, 7) is 7.62. The molecular formula is C30H30Cl2N4O4. The van der Waals surface area contributed by atoms with E-state index in [1.807, 2.05) is 70.2 Å². The topological polar surface area (TPSA) is 83.5 Å². The van der Waals surface area contributed by atoms with E-state index in [9.17, 15) is 9.59 Å². The number of methoxy groups -OCH3 is 1. The highest BCUT2D eigenvalue weighted by Crippen LogP contribution is 2.57. The van der Waals surface area contributed by atoms with Gasteiger partial charge in [0.25, 0.3) is 0 Å². The number of carbonyl (C=O) groups excluding carboxylic acids is 2. The van der Waals surface area contributed by atoms with Crippen molar-refractivity contribution >= 4 is 41.0 Å². The van der Waals surface area contributed by atoms with Gasteiger partial charge in [0.05, 0.1) is 23.5 Å². The number of aliphatic imine (C=N–C) groups is 1. The molecule has 8 nitrogen and oxygen atoms in total. The van der Waals surface area contributed by atoms with E-state index < -0.39 is 23.1 Å². The van der Waals surface area contributed by atoms with Crippen LogP contribution in [-0.2, 0) is 14.3 Å². The minimum absolute atomic E-state index is 0.134. The summed E-state index contributed by atoms with van der Waals surface area (Å²) in [5.41, 5.74) is 0.865. The lowest BCUT2D eigenvalue weighted by Crippen LogP contribution is -2.66. The number of amidine groups is 1. The fourth-order valence-electron chi connectivity index (χ4n) is 6.16. The lowest BCUT2D eigenvalue weighted by atomic mass is 9.71. The number of rotatable bonds is 5. The number of hydrogen-bond acceptors (Lipinski definition) is 5. The van der Waals surface area contributed by atoms with Crippen LogP contribution in [0.3, 0.4) is 0 Å². The number of carbonyl (C=O) groups is 2. The van der Waals surface area contributed by atoms with Crippen LogP contribution in [0.1, 0.15) is 50.9 Å². The monoisotopic (exact) mass is 580 g/mol. The average Bonchev–Trinajstić information content (AvgIpc) is 3.32. The Morgan fingerprint density at radius 1 is 1.00 bits per heavy atom. The molecule has 0 radical (unpaired) electrons. The van der Waals surface area contributed by atoms with Crippen molar-refractivity contribution < 1.29 is 19.1 Å². The maximum Gasteiger partial charge on any atom is 0.330 e. The number of benzene rings is 2. The van der Waals surface area contributed by atoms with Crippen LogP contribution in [-0.4, -0.2) is 52.9 Å². The Morgan fingerprint density at radius 2 is 1.60 bits per heavy atom. The van der Waals surface area contributed by atoms with Crippen LogP contribution in [0.2, 0.25) is 10.0 Å². The minimum atomic E-state index is -1.03. The molecular weight excluding hydrogens is 551 g/mol. The van der Waals surface area contributed by atoms with Gasteiger partial charge in [0.2, 0.25) is 5.91 Å². The van der Waals surface area contributed by atoms with Gasteiger partial charge in [-0.2, -0.15) is 0 Å². The van der Waals surface area contributed by atoms with Crippen LogP contribution >= 0.6 is 23.2 Å². The smallest absolute Gasteiger partial charge is 0.330 e. The number of ether oxygens (including phenoxy) is 2. The van der Waals surface area contributed by atoms with E-state index >= 15 is 0 Å². The Kier molecular flexibility index (Phi) is 6.29. The Balaban J connectivity index is 1.63. The number of amides is 3. The van der Waals surface area contributed by atoms with Crippen LogP contribution in [0.15, 0.2) is 76.8 Å². The molecule has 4 aliphatic rings. The summed E-state index contributed by atoms with van der Waals surface area (Å²) >= 11 is 12.5. The van der Waals surface area contributed by atoms with Crippen molar-refractivity contribution in [2.75, 3.05) is 13.7 Å². The summed E-state index contributed by atoms with van der Waals surface area (Å²) in [4.78, 5) is 36.0. The van der Waals surface area contributed by atoms with Gasteiger partial charge in [-0.3, -0.25) is 19.6 Å². The quantitative estimate of drug-likeness (QED) is 0.470. The second-order valence-corrected chi connectivity index (χ2v) is 11.9. The van der Waals surface area contributed by atoms with E-state index in [0.717, 1.165) is 11.1 Å². The highest BCUT2D eigenvalue weighted by molar-refractivity contribution is 6.30. The maximum absolute atomic E-state index is 14.5. The first kappa shape index (κ1) is 26.9. The first-order valence-electron chi connectivity index (χ1n) is 13.2. The molecule has 3 heterocycles. The predicted octanol–water partition coefficient (Wildman–Crippen LogP) is 6.00. The van der Waals surface area contributed by atoms with Crippen LogP contribution < -0.4 is 5.32 Å². The molecule has 3 amide bonds. The van der Waals surface area contributed by atoms with Crippen molar-refractivity contribution in [1.82, 2.24) is 15.1 Å². The van der Waals surface area contributed by atoms with Gasteiger partial charge < -0.3 is 14.8 Å². The zero-order valence-electron chi connectivity index (χ0n) is 22.9. The Hall–Kier alpha value is -3.33. The molecule has 10 heteroatoms. The fraction of sp³-hybridized carbons (Fsp3) is 0.367. The standard InChI is InChI=1S/C30H30Cl2N4O4/c1-16(2)40-21-14-29(3,39-5)25-26-30(21,4)27-34-23(17-6-10-19(31)11-7-17)24(18-8-12-20(32)13-9-18)36(27)28(38)35(26)15-22(37)33-25/h6-14,16,23-24H,15H2,1-5H3,(H,33,37)/t23-,24+,29?,30?/m1/s1. The van der Waals surface area contributed by atoms with Crippen LogP contribution in [0.25, 0.3) is 0 Å². The normalized spacial score (nSPS) is 29.2. The van der Waals surface area contributed by atoms with Crippen molar-refractivity contribution in [2.45, 2.75) is 51.5 Å². The molecule has 6 rings (SSSR count). The fourth-order valence-corrected chi connectivity index (χ4v) is 6.41. The largest absolute Gasteiger partial charge is 0.494 e. The maximum atomic E-state index is 14.5. The summed E-state index contributed by atoms with van der Waals surface area (Å²) in [6, 6.07) is 13.7. The van der Waals surface area contributed by atoms with Gasteiger partial charge in [-0.1, -0.05) is 47.5 Å². The summed E-state index contributed by atoms with van der Waals surface area (Å²) in [5.74, 6) is 0.855. The van der Waals surface area contributed by atoms with Gasteiger partial charge in [-0.25, -0.2) is 4.79 Å². The third-order valence-corrected chi connectivity index (χ3v) is 8.61. The van der Waals surface area contributed by atoms with Gasteiger partial charge in [0.1, 0.15) is 35.2 Å². The molecule has 0 saturated carbocycles. The first-order valence-corrected chi connectivity index (χ1v) is 13.9. The average molecular weight is 582 g/mol. The van der Waals surface area contributed by atoms with Gasteiger partial charge in [0.15, 0.2) is 0 Å². The van der Waals surface area contributed by atoms with E-state index in [1.165, 1.54) is 0 Å². The zero-order valence-corrected chi connectivity index (χ0v) is 24.4. The predicted molar refractivity (Wildman–Crippen MR) is 153 cm³/mol. The lowest BCUT2D eigenvalue weighted by Gasteiger charge is -2.54. The molecule has 1 saturated heterocycles. The summed E-state index contributed by atoms with van der Waals surface area (Å²) in [6.07, 6.45) is 1.73. The van der Waals surface area contributed by atoms with E-state index in [2.05, 4.69) is 5.32 Å². The van der Waals surface area contributed by atoms with Crippen molar-refractivity contribution in [1.29, 1.82) is 0 Å². The van der Waals surface area contributed by atoms with Gasteiger partial charge in [-0.15, -0.1) is 0 Å². The van der Waals surface area contributed by atoms with Gasteiger partial charge >= 0.3 is 6.03 Å². The first-order chi connectivity index (χ1) is 19.0. The number of hydrogen-bond donors (Lipinski definition) is 1. The Bertz CT molecular complexity index is 1500. The molecule has 4 atom stereocenters. The number of urea groups is 1. The molecule has 1 N–H and O–H groups in total. The summed E-state index contributed by atoms with van der Waals surface area (Å²) in [5, 5.41) is 4.20. The Labute approximate surface area is 243 Å². The molecule has 1 aliphatic carbocycles. The third kappa shape index (κ3) is 3.88. The zero-order chi connectivity index (χ0) is 28.6. The SMILES string of the molecule is COC1(C)C=C(OC(C)C)C2(C)C3=N[C@H](c4ccc(Cl)cc4)[C@H](c4ccc(Cl)cc4)N3C(=O)N3CC(=O)NC1=C32. The van der Waals surface area contributed by atoms with E-state index in [0.29, 0.717) is 33.0 Å². The van der Waals surface area contributed by atoms with E-state index in [1.54, 1.807) is 29.0 Å². The molecule has 3 aliphatic heterocycles. The van der Waals surface area contributed by atoms with Gasteiger partial charge in [0, 0.05) is 17.2 Å². The molecule has 1 fully saturated rings. The lowest BCUT2D eigenvalue weighted by molar-refractivity contribution is -0.123. The van der Waals surface area contributed by atoms with E-state index in [4.69, 9.17) is 37.7 Å². The number of fused-ring (bicyclic) bond motifs is 2. The van der Waals surface area contributed by atoms with Crippen LogP contribution in [0.4, 0.5) is 4.79 Å². The van der Waals surface area contributed by atoms with Crippen molar-refractivity contribution in [3.05, 3.63) is 92.9 Å². The molecule has 2 unspecified atom stereocenters. The van der Waals surface area contributed by atoms with Crippen LogP contribution in [0, 0.1) is 5.41 Å². The molecule has 40 heavy (non-hydrogen) atoms. The van der Waals surface area contributed by atoms with Gasteiger partial charge in [-0.05, 0) is 69.2 Å². The molecule has 2 aromatic rings. The highest BCUT2D eigenvalue weighted by Gasteiger charge is 2.63. The molecule has 208 valence electrons. The molecule has 2 aromatic carbocycles. The second-order valence-electron chi connectivity index (χ2n) is 11.1. The van der Waals surface area contributed by atoms with E-state index in [-0.39, 0.29) is 24.6 Å². The number of nitrogens with zero attached hydrogens (tertiary/aromatic N) is 3. The third-order valence-electron chi connectivity index (χ3n) is 8.10. The molecule has 0 bridgehead atoms. The van der Waals surface area contributed by atoms with Crippen LogP contribution in [0.5, 0.6) is 0 Å². The number of nitrogens with one attached hydrogen (secondary N) is 1. The number of halogens is 2. The Morgan fingerprint density at radius 3 is 2.17 bits per heavy atom. The summed E-state index contributed by atoms with van der Waals surface area (Å²) in [7, 11) is 1.57. The van der Waals surface area contributed by atoms with Crippen molar-refractivity contribution in [3.63, 3.8) is 0 Å². The highest BCUT2D eigenvalue weighted by atomic mass is 35.5.